The summed E-state index contributed by atoms with van der Waals surface area (Å²) in [5.41, 5.74) is 0. The monoisotopic (exact) mass is 256 g/mol. The second-order valence-electron chi connectivity index (χ2n) is 5.47. The maximum absolute atomic E-state index is 11.9. The Morgan fingerprint density at radius 3 is 2.78 bits per heavy atom. The summed E-state index contributed by atoms with van der Waals surface area (Å²) in [6, 6.07) is -0.0104. The molecular formula is C13H24N2O3. The molecule has 104 valence electrons. The van der Waals surface area contributed by atoms with Gasteiger partial charge in [-0.25, -0.2) is 4.79 Å². The number of piperidine rings is 1. The minimum atomic E-state index is -0.753. The van der Waals surface area contributed by atoms with Crippen molar-refractivity contribution in [3.05, 3.63) is 0 Å². The lowest BCUT2D eigenvalue weighted by Crippen LogP contribution is -2.46. The number of carboxylic acids is 1. The standard InChI is InChI=1S/C13H24N2O3/c1-10(2)8-14-13(18)15-7-3-4-11(9-15)5-6-12(16)17/h10-11H,3-9H2,1-2H3,(H,14,18)(H,16,17). The number of carbonyl (C=O) groups is 2. The van der Waals surface area contributed by atoms with Crippen LogP contribution < -0.4 is 5.32 Å². The van der Waals surface area contributed by atoms with Gasteiger partial charge in [0.05, 0.1) is 0 Å². The molecule has 1 heterocycles. The number of hydrogen-bond acceptors (Lipinski definition) is 2. The van der Waals surface area contributed by atoms with Crippen LogP contribution in [0.15, 0.2) is 0 Å². The van der Waals surface area contributed by atoms with Gasteiger partial charge in [0.1, 0.15) is 0 Å². The molecule has 5 heteroatoms. The van der Waals surface area contributed by atoms with E-state index in [1.807, 2.05) is 4.90 Å². The van der Waals surface area contributed by atoms with Crippen LogP contribution in [0.5, 0.6) is 0 Å². The fraction of sp³-hybridized carbons (Fsp3) is 0.846. The van der Waals surface area contributed by atoms with Gasteiger partial charge in [-0.3, -0.25) is 4.79 Å². The minimum Gasteiger partial charge on any atom is -0.481 e. The van der Waals surface area contributed by atoms with Crippen molar-refractivity contribution in [1.82, 2.24) is 10.2 Å². The van der Waals surface area contributed by atoms with Crippen LogP contribution >= 0.6 is 0 Å². The van der Waals surface area contributed by atoms with Crippen LogP contribution in [0.3, 0.4) is 0 Å². The molecule has 0 bridgehead atoms. The number of amides is 2. The summed E-state index contributed by atoms with van der Waals surface area (Å²) in [5, 5.41) is 11.6. The average molecular weight is 256 g/mol. The molecule has 0 radical (unpaired) electrons. The molecule has 1 unspecified atom stereocenters. The molecule has 0 spiro atoms. The second-order valence-corrected chi connectivity index (χ2v) is 5.47. The van der Waals surface area contributed by atoms with Crippen molar-refractivity contribution in [2.45, 2.75) is 39.5 Å². The number of carboxylic acid groups (broad SMARTS) is 1. The molecule has 1 rings (SSSR count). The largest absolute Gasteiger partial charge is 0.481 e. The summed E-state index contributed by atoms with van der Waals surface area (Å²) in [5.74, 6) is 0.0255. The Kier molecular flexibility index (Phi) is 5.95. The summed E-state index contributed by atoms with van der Waals surface area (Å²) in [7, 11) is 0. The molecule has 1 atom stereocenters. The first-order chi connectivity index (χ1) is 8.49. The molecule has 1 saturated heterocycles. The van der Waals surface area contributed by atoms with Crippen LogP contribution in [0.2, 0.25) is 0 Å². The highest BCUT2D eigenvalue weighted by Gasteiger charge is 2.23. The van der Waals surface area contributed by atoms with Crippen molar-refractivity contribution in [3.63, 3.8) is 0 Å². The van der Waals surface area contributed by atoms with Gasteiger partial charge < -0.3 is 15.3 Å². The van der Waals surface area contributed by atoms with Gasteiger partial charge in [-0.05, 0) is 31.1 Å². The summed E-state index contributed by atoms with van der Waals surface area (Å²) in [4.78, 5) is 24.2. The fourth-order valence-electron chi connectivity index (χ4n) is 2.22. The van der Waals surface area contributed by atoms with E-state index in [0.29, 0.717) is 31.3 Å². The summed E-state index contributed by atoms with van der Waals surface area (Å²) < 4.78 is 0. The first-order valence-electron chi connectivity index (χ1n) is 6.73. The van der Waals surface area contributed by atoms with E-state index in [1.165, 1.54) is 0 Å². The van der Waals surface area contributed by atoms with Crippen LogP contribution in [0.1, 0.15) is 39.5 Å². The smallest absolute Gasteiger partial charge is 0.317 e. The van der Waals surface area contributed by atoms with Gasteiger partial charge >= 0.3 is 12.0 Å². The average Bonchev–Trinajstić information content (AvgIpc) is 2.33. The normalized spacial score (nSPS) is 19.9. The highest BCUT2D eigenvalue weighted by Crippen LogP contribution is 2.20. The predicted molar refractivity (Wildman–Crippen MR) is 69.4 cm³/mol. The molecule has 2 amide bonds. The molecular weight excluding hydrogens is 232 g/mol. The molecule has 5 nitrogen and oxygen atoms in total. The van der Waals surface area contributed by atoms with Crippen molar-refractivity contribution in [2.24, 2.45) is 11.8 Å². The van der Waals surface area contributed by atoms with Gasteiger partial charge in [-0.2, -0.15) is 0 Å². The number of urea groups is 1. The number of likely N-dealkylation sites (tertiary alicyclic amines) is 1. The zero-order valence-electron chi connectivity index (χ0n) is 11.3. The first-order valence-corrected chi connectivity index (χ1v) is 6.73. The van der Waals surface area contributed by atoms with Crippen LogP contribution in [-0.2, 0) is 4.79 Å². The van der Waals surface area contributed by atoms with Crippen molar-refractivity contribution in [2.75, 3.05) is 19.6 Å². The third kappa shape index (κ3) is 5.38. The Balaban J connectivity index is 2.33. The van der Waals surface area contributed by atoms with Gasteiger partial charge in [0.15, 0.2) is 0 Å². The second kappa shape index (κ2) is 7.24. The zero-order valence-corrected chi connectivity index (χ0v) is 11.3. The molecule has 0 saturated carbocycles. The Morgan fingerprint density at radius 2 is 2.17 bits per heavy atom. The molecule has 1 fully saturated rings. The first kappa shape index (κ1) is 14.8. The quantitative estimate of drug-likeness (QED) is 0.789. The van der Waals surface area contributed by atoms with Crippen molar-refractivity contribution < 1.29 is 14.7 Å². The van der Waals surface area contributed by atoms with E-state index in [1.54, 1.807) is 0 Å². The van der Waals surface area contributed by atoms with Gasteiger partial charge in [0.2, 0.25) is 0 Å². The molecule has 0 aromatic carbocycles. The Hall–Kier alpha value is -1.26. The molecule has 1 aliphatic heterocycles. The van der Waals surface area contributed by atoms with Crippen LogP contribution in [0.25, 0.3) is 0 Å². The molecule has 0 aromatic rings. The van der Waals surface area contributed by atoms with Gasteiger partial charge in [0.25, 0.3) is 0 Å². The highest BCUT2D eigenvalue weighted by molar-refractivity contribution is 5.74. The van der Waals surface area contributed by atoms with Crippen molar-refractivity contribution in [3.8, 4) is 0 Å². The SMILES string of the molecule is CC(C)CNC(=O)N1CCCC(CCC(=O)O)C1. The Morgan fingerprint density at radius 1 is 1.44 bits per heavy atom. The maximum atomic E-state index is 11.9. The minimum absolute atomic E-state index is 0.0104. The summed E-state index contributed by atoms with van der Waals surface area (Å²) in [6.07, 6.45) is 2.87. The Bertz CT molecular complexity index is 292. The number of rotatable bonds is 5. The fourth-order valence-corrected chi connectivity index (χ4v) is 2.22. The Labute approximate surface area is 109 Å². The lowest BCUT2D eigenvalue weighted by Gasteiger charge is -2.32. The summed E-state index contributed by atoms with van der Waals surface area (Å²) in [6.45, 7) is 6.29. The molecule has 0 aromatic heterocycles. The molecule has 18 heavy (non-hydrogen) atoms. The zero-order chi connectivity index (χ0) is 13.5. The topological polar surface area (TPSA) is 69.6 Å². The van der Waals surface area contributed by atoms with E-state index < -0.39 is 5.97 Å². The van der Waals surface area contributed by atoms with Crippen molar-refractivity contribution >= 4 is 12.0 Å². The lowest BCUT2D eigenvalue weighted by atomic mass is 9.93. The van der Waals surface area contributed by atoms with Crippen LogP contribution in [-0.4, -0.2) is 41.6 Å². The van der Waals surface area contributed by atoms with Crippen molar-refractivity contribution in [1.29, 1.82) is 0 Å². The number of nitrogens with zero attached hydrogens (tertiary/aromatic N) is 1. The number of carbonyl (C=O) groups excluding carboxylic acids is 1. The van der Waals surface area contributed by atoms with E-state index in [2.05, 4.69) is 19.2 Å². The lowest BCUT2D eigenvalue weighted by molar-refractivity contribution is -0.137. The number of aliphatic carboxylic acids is 1. The van der Waals surface area contributed by atoms with E-state index >= 15 is 0 Å². The highest BCUT2D eigenvalue weighted by atomic mass is 16.4. The molecule has 1 aliphatic rings. The van der Waals surface area contributed by atoms with Gasteiger partial charge in [-0.1, -0.05) is 13.8 Å². The third-order valence-corrected chi connectivity index (χ3v) is 3.23. The summed E-state index contributed by atoms with van der Waals surface area (Å²) >= 11 is 0. The van der Waals surface area contributed by atoms with Gasteiger partial charge in [0, 0.05) is 26.1 Å². The third-order valence-electron chi connectivity index (χ3n) is 3.23. The van der Waals surface area contributed by atoms with Crippen LogP contribution in [0, 0.1) is 11.8 Å². The van der Waals surface area contributed by atoms with E-state index in [9.17, 15) is 9.59 Å². The van der Waals surface area contributed by atoms with E-state index in [4.69, 9.17) is 5.11 Å². The van der Waals surface area contributed by atoms with E-state index in [0.717, 1.165) is 19.4 Å². The number of hydrogen-bond donors (Lipinski definition) is 2. The van der Waals surface area contributed by atoms with E-state index in [-0.39, 0.29) is 12.5 Å². The maximum Gasteiger partial charge on any atom is 0.317 e. The molecule has 0 aliphatic carbocycles. The van der Waals surface area contributed by atoms with Gasteiger partial charge in [-0.15, -0.1) is 0 Å². The molecule has 2 N–H and O–H groups in total. The number of nitrogens with one attached hydrogen (secondary N) is 1. The van der Waals surface area contributed by atoms with Crippen LogP contribution in [0.4, 0.5) is 4.79 Å². The predicted octanol–water partition coefficient (Wildman–Crippen LogP) is 1.93.